The lowest BCUT2D eigenvalue weighted by molar-refractivity contribution is -0.136. The number of nitrogens with one attached hydrogen (secondary N) is 1. The van der Waals surface area contributed by atoms with Crippen LogP contribution in [0.2, 0.25) is 5.02 Å². The van der Waals surface area contributed by atoms with Crippen molar-refractivity contribution in [2.75, 3.05) is 62.2 Å². The van der Waals surface area contributed by atoms with E-state index in [-0.39, 0.29) is 24.2 Å². The van der Waals surface area contributed by atoms with Crippen molar-refractivity contribution >= 4 is 52.6 Å². The van der Waals surface area contributed by atoms with Crippen LogP contribution >= 0.6 is 11.6 Å². The number of nitrogens with zero attached hydrogens (tertiary/aromatic N) is 8. The third-order valence-electron chi connectivity index (χ3n) is 12.9. The maximum absolute atomic E-state index is 13.4. The van der Waals surface area contributed by atoms with Crippen molar-refractivity contribution in [1.82, 2.24) is 30.0 Å². The van der Waals surface area contributed by atoms with Gasteiger partial charge in [-0.3, -0.25) is 39.2 Å². The molecule has 0 saturated carbocycles. The van der Waals surface area contributed by atoms with Crippen molar-refractivity contribution in [1.29, 1.82) is 0 Å². The number of anilines is 2. The largest absolute Gasteiger partial charge is 0.487 e. The van der Waals surface area contributed by atoms with E-state index in [1.165, 1.54) is 0 Å². The quantitative estimate of drug-likeness (QED) is 0.170. The van der Waals surface area contributed by atoms with E-state index in [0.717, 1.165) is 97.9 Å². The minimum absolute atomic E-state index is 0.0947. The van der Waals surface area contributed by atoms with Gasteiger partial charge in [-0.25, -0.2) is 14.8 Å². The second-order valence-corrected chi connectivity index (χ2v) is 17.2. The topological polar surface area (TPSA) is 136 Å². The first kappa shape index (κ1) is 39.6. The first-order valence-electron chi connectivity index (χ1n) is 20.5. The molecule has 0 radical (unpaired) electrons. The molecule has 0 aliphatic carbocycles. The Morgan fingerprint density at radius 1 is 0.817 bits per heavy atom. The SMILES string of the molecule is [C-]#[N+]c1cc(Cl)cc(C(C)(C)c2ccc(OCc3ccnc(N4CCN(C5CN(C6CCN(c7ccc8c(c7)C(=O)N(C7CCC(=O)NC7=O)C8=O)C6)C5)CC4)n3)cc2)c1. The smallest absolute Gasteiger partial charge is 0.262 e. The van der Waals surface area contributed by atoms with Gasteiger partial charge < -0.3 is 14.5 Å². The number of halogens is 1. The lowest BCUT2D eigenvalue weighted by atomic mass is 9.78. The first-order chi connectivity index (χ1) is 28.9. The van der Waals surface area contributed by atoms with E-state index < -0.39 is 23.8 Å². The zero-order valence-electron chi connectivity index (χ0n) is 33.6. The molecule has 9 rings (SSSR count). The molecular weight excluding hydrogens is 782 g/mol. The molecule has 4 amide bonds. The van der Waals surface area contributed by atoms with Gasteiger partial charge in [0.05, 0.1) is 23.4 Å². The molecule has 14 nitrogen and oxygen atoms in total. The van der Waals surface area contributed by atoms with Gasteiger partial charge in [0.15, 0.2) is 5.69 Å². The number of likely N-dealkylation sites (tertiary alicyclic amines) is 1. The number of carbonyl (C=O) groups is 4. The highest BCUT2D eigenvalue weighted by molar-refractivity contribution is 6.31. The van der Waals surface area contributed by atoms with Crippen LogP contribution in [0.5, 0.6) is 5.75 Å². The van der Waals surface area contributed by atoms with Gasteiger partial charge >= 0.3 is 0 Å². The predicted octanol–water partition coefficient (Wildman–Crippen LogP) is 5.07. The lowest BCUT2D eigenvalue weighted by Crippen LogP contribution is -2.65. The zero-order valence-corrected chi connectivity index (χ0v) is 34.4. The maximum atomic E-state index is 13.4. The van der Waals surface area contributed by atoms with Gasteiger partial charge in [0.1, 0.15) is 18.4 Å². The molecule has 1 aromatic heterocycles. The summed E-state index contributed by atoms with van der Waals surface area (Å²) in [5.41, 5.74) is 4.57. The third kappa shape index (κ3) is 7.57. The molecule has 0 spiro atoms. The van der Waals surface area contributed by atoms with Gasteiger partial charge in [-0.05, 0) is 72.5 Å². The lowest BCUT2D eigenvalue weighted by Gasteiger charge is -2.50. The van der Waals surface area contributed by atoms with Crippen molar-refractivity contribution in [3.8, 4) is 5.75 Å². The van der Waals surface area contributed by atoms with Gasteiger partial charge in [0.2, 0.25) is 17.8 Å². The molecule has 308 valence electrons. The molecule has 2 atom stereocenters. The third-order valence-corrected chi connectivity index (χ3v) is 13.1. The molecule has 6 heterocycles. The zero-order chi connectivity index (χ0) is 41.7. The molecule has 4 fully saturated rings. The second kappa shape index (κ2) is 15.9. The number of hydrogen-bond acceptors (Lipinski definition) is 11. The summed E-state index contributed by atoms with van der Waals surface area (Å²) in [5.74, 6) is -0.491. The number of aromatic nitrogens is 2. The number of piperidine rings is 1. The summed E-state index contributed by atoms with van der Waals surface area (Å²) in [6, 6.07) is 20.7. The summed E-state index contributed by atoms with van der Waals surface area (Å²) in [6.45, 7) is 19.3. The van der Waals surface area contributed by atoms with Crippen LogP contribution in [-0.2, 0) is 21.6 Å². The van der Waals surface area contributed by atoms with Crippen LogP contribution in [0.25, 0.3) is 4.85 Å². The number of benzene rings is 3. The Balaban J connectivity index is 0.732. The standard InChI is InChI=1S/C45H46ClN9O5/c1-45(2,29-20-30(46)22-32(21-29)47-3)28-4-7-36(8-5-28)60-27-31-12-14-48-44(49-31)52-18-16-51(17-19-52)35-25-54(26-35)34-13-15-53(24-34)33-6-9-37-38(23-33)43(59)55(42(37)58)39-10-11-40(56)50-41(39)57/h4-9,12,14,20-23,34-35,39H,10-11,13,15-19,24-27H2,1-2H3,(H,50,56,57). The number of ether oxygens (including phenoxy) is 1. The van der Waals surface area contributed by atoms with Crippen LogP contribution < -0.4 is 19.9 Å². The van der Waals surface area contributed by atoms with Crippen LogP contribution in [0.4, 0.5) is 17.3 Å². The number of rotatable bonds is 10. The Labute approximate surface area is 353 Å². The van der Waals surface area contributed by atoms with E-state index in [2.05, 4.69) is 60.7 Å². The molecule has 5 aliphatic heterocycles. The Bertz CT molecular complexity index is 2400. The van der Waals surface area contributed by atoms with Crippen LogP contribution in [0.15, 0.2) is 72.9 Å². The fourth-order valence-corrected chi connectivity index (χ4v) is 9.37. The van der Waals surface area contributed by atoms with Crippen molar-refractivity contribution in [3.63, 3.8) is 0 Å². The fourth-order valence-electron chi connectivity index (χ4n) is 9.14. The summed E-state index contributed by atoms with van der Waals surface area (Å²) < 4.78 is 6.14. The summed E-state index contributed by atoms with van der Waals surface area (Å²) >= 11 is 6.31. The van der Waals surface area contributed by atoms with Crippen molar-refractivity contribution in [3.05, 3.63) is 117 Å². The van der Waals surface area contributed by atoms with E-state index in [9.17, 15) is 19.2 Å². The molecule has 15 heteroatoms. The van der Waals surface area contributed by atoms with Gasteiger partial charge in [0.25, 0.3) is 11.8 Å². The average molecular weight is 828 g/mol. The van der Waals surface area contributed by atoms with Crippen LogP contribution in [0.1, 0.15) is 70.6 Å². The summed E-state index contributed by atoms with van der Waals surface area (Å²) in [4.78, 5) is 74.3. The normalized spacial score (nSPS) is 21.5. The number of imide groups is 2. The Morgan fingerprint density at radius 3 is 2.33 bits per heavy atom. The molecular formula is C45H46ClN9O5. The number of hydrogen-bond donors (Lipinski definition) is 1. The second-order valence-electron chi connectivity index (χ2n) is 16.8. The number of piperazine rings is 1. The minimum Gasteiger partial charge on any atom is -0.487 e. The van der Waals surface area contributed by atoms with Crippen LogP contribution in [0.3, 0.4) is 0 Å². The van der Waals surface area contributed by atoms with E-state index in [0.29, 0.717) is 40.5 Å². The summed E-state index contributed by atoms with van der Waals surface area (Å²) in [6.07, 6.45) is 3.05. The van der Waals surface area contributed by atoms with Crippen molar-refractivity contribution in [2.24, 2.45) is 0 Å². The minimum atomic E-state index is -0.970. The van der Waals surface area contributed by atoms with Crippen LogP contribution in [0, 0.1) is 6.57 Å². The molecule has 4 saturated heterocycles. The van der Waals surface area contributed by atoms with Crippen LogP contribution in [-0.4, -0.2) is 119 Å². The van der Waals surface area contributed by atoms with E-state index >= 15 is 0 Å². The van der Waals surface area contributed by atoms with Crippen molar-refractivity contribution in [2.45, 2.75) is 63.3 Å². The highest BCUT2D eigenvalue weighted by Gasteiger charge is 2.45. The molecule has 0 bridgehead atoms. The maximum Gasteiger partial charge on any atom is 0.262 e. The van der Waals surface area contributed by atoms with Crippen molar-refractivity contribution < 1.29 is 23.9 Å². The number of carbonyl (C=O) groups excluding carboxylic acids is 4. The van der Waals surface area contributed by atoms with E-state index in [1.54, 1.807) is 24.4 Å². The Kier molecular flexibility index (Phi) is 10.5. The molecule has 5 aliphatic rings. The molecule has 60 heavy (non-hydrogen) atoms. The fraction of sp³-hybridized carbons (Fsp3) is 0.400. The van der Waals surface area contributed by atoms with Gasteiger partial charge in [0, 0.05) is 93.2 Å². The Hall–Kier alpha value is -5.88. The average Bonchev–Trinajstić information content (AvgIpc) is 3.81. The highest BCUT2D eigenvalue weighted by Crippen LogP contribution is 2.37. The number of amides is 4. The predicted molar refractivity (Wildman–Crippen MR) is 226 cm³/mol. The summed E-state index contributed by atoms with van der Waals surface area (Å²) in [5, 5.41) is 2.81. The van der Waals surface area contributed by atoms with E-state index in [4.69, 9.17) is 27.9 Å². The first-order valence-corrected chi connectivity index (χ1v) is 20.9. The molecule has 4 aromatic rings. The molecule has 3 aromatic carbocycles. The van der Waals surface area contributed by atoms with Gasteiger partial charge in [-0.15, -0.1) is 0 Å². The monoisotopic (exact) mass is 827 g/mol. The molecule has 2 unspecified atom stereocenters. The van der Waals surface area contributed by atoms with Gasteiger partial charge in [-0.2, -0.15) is 0 Å². The number of fused-ring (bicyclic) bond motifs is 1. The molecule has 1 N–H and O–H groups in total. The Morgan fingerprint density at radius 2 is 1.58 bits per heavy atom. The van der Waals surface area contributed by atoms with E-state index in [1.807, 2.05) is 36.4 Å². The summed E-state index contributed by atoms with van der Waals surface area (Å²) in [7, 11) is 0. The highest BCUT2D eigenvalue weighted by atomic mass is 35.5. The van der Waals surface area contributed by atoms with Gasteiger partial charge in [-0.1, -0.05) is 43.6 Å².